The average Bonchev–Trinajstić information content (AvgIpc) is 3.28. The highest BCUT2D eigenvalue weighted by molar-refractivity contribution is 5.92. The molecule has 1 aromatic heterocycles. The van der Waals surface area contributed by atoms with Crippen LogP contribution in [0.3, 0.4) is 0 Å². The van der Waals surface area contributed by atoms with Crippen molar-refractivity contribution >= 4 is 11.6 Å². The Morgan fingerprint density at radius 2 is 1.69 bits per heavy atom. The number of hydrogen-bond donors (Lipinski definition) is 1. The van der Waals surface area contributed by atoms with Crippen LogP contribution in [0, 0.1) is 13.8 Å². The van der Waals surface area contributed by atoms with Crippen molar-refractivity contribution in [2.24, 2.45) is 0 Å². The lowest BCUT2D eigenvalue weighted by molar-refractivity contribution is -0.118. The number of amides is 1. The van der Waals surface area contributed by atoms with Gasteiger partial charge in [0.2, 0.25) is 5.82 Å². The summed E-state index contributed by atoms with van der Waals surface area (Å²) in [4.78, 5) is 16.8. The van der Waals surface area contributed by atoms with Gasteiger partial charge in [-0.05, 0) is 67.4 Å². The molecule has 0 aliphatic heterocycles. The lowest BCUT2D eigenvalue weighted by Gasteiger charge is -2.12. The molecule has 0 bridgehead atoms. The number of rotatable bonds is 7. The first kappa shape index (κ1) is 21.1. The summed E-state index contributed by atoms with van der Waals surface area (Å²) in [6.07, 6.45) is 0. The van der Waals surface area contributed by atoms with Gasteiger partial charge in [0.05, 0.1) is 7.11 Å². The van der Waals surface area contributed by atoms with Gasteiger partial charge in [0, 0.05) is 16.8 Å². The predicted molar refractivity (Wildman–Crippen MR) is 122 cm³/mol. The van der Waals surface area contributed by atoms with Gasteiger partial charge in [-0.25, -0.2) is 0 Å². The van der Waals surface area contributed by atoms with Crippen LogP contribution < -0.4 is 14.8 Å². The van der Waals surface area contributed by atoms with Gasteiger partial charge in [-0.3, -0.25) is 4.79 Å². The molecule has 1 amide bonds. The Kier molecular flexibility index (Phi) is 6.17. The third-order valence-electron chi connectivity index (χ3n) is 4.73. The molecule has 0 fully saturated rings. The standard InChI is InChI=1S/C25H23N3O4/c1-16-11-17(2)13-20(12-16)26-23(29)15-31-21-10-9-19(14-22(21)30-3)24-27-25(32-28-24)18-7-5-4-6-8-18/h4-14H,15H2,1-3H3,(H,26,29). The fourth-order valence-electron chi connectivity index (χ4n) is 3.35. The number of hydrogen-bond acceptors (Lipinski definition) is 6. The molecule has 0 saturated carbocycles. The quantitative estimate of drug-likeness (QED) is 0.443. The molecule has 0 aliphatic rings. The minimum atomic E-state index is -0.258. The molecule has 7 heteroatoms. The molecule has 0 unspecified atom stereocenters. The van der Waals surface area contributed by atoms with E-state index < -0.39 is 0 Å². The maximum absolute atomic E-state index is 12.3. The first-order chi connectivity index (χ1) is 15.5. The van der Waals surface area contributed by atoms with E-state index in [1.54, 1.807) is 18.2 Å². The van der Waals surface area contributed by atoms with E-state index in [2.05, 4.69) is 15.5 Å². The summed E-state index contributed by atoms with van der Waals surface area (Å²) >= 11 is 0. The van der Waals surface area contributed by atoms with E-state index in [0.29, 0.717) is 28.8 Å². The molecule has 0 spiro atoms. The Balaban J connectivity index is 1.44. The largest absolute Gasteiger partial charge is 0.493 e. The smallest absolute Gasteiger partial charge is 0.262 e. The summed E-state index contributed by atoms with van der Waals surface area (Å²) in [6.45, 7) is 3.82. The zero-order valence-electron chi connectivity index (χ0n) is 18.1. The third kappa shape index (κ3) is 4.95. The number of methoxy groups -OCH3 is 1. The van der Waals surface area contributed by atoms with Gasteiger partial charge in [0.25, 0.3) is 11.8 Å². The van der Waals surface area contributed by atoms with Crippen LogP contribution in [0.1, 0.15) is 11.1 Å². The lowest BCUT2D eigenvalue weighted by atomic mass is 10.1. The summed E-state index contributed by atoms with van der Waals surface area (Å²) in [7, 11) is 1.53. The van der Waals surface area contributed by atoms with Gasteiger partial charge >= 0.3 is 0 Å². The second kappa shape index (κ2) is 9.34. The van der Waals surface area contributed by atoms with Crippen LogP contribution in [0.4, 0.5) is 5.69 Å². The van der Waals surface area contributed by atoms with Crippen molar-refractivity contribution in [3.05, 3.63) is 77.9 Å². The topological polar surface area (TPSA) is 86.5 Å². The molecule has 4 rings (SSSR count). The van der Waals surface area contributed by atoms with Crippen LogP contribution in [0.25, 0.3) is 22.8 Å². The average molecular weight is 429 g/mol. The number of benzene rings is 3. The van der Waals surface area contributed by atoms with Crippen LogP contribution in [-0.2, 0) is 4.79 Å². The summed E-state index contributed by atoms with van der Waals surface area (Å²) in [5, 5.41) is 6.91. The van der Waals surface area contributed by atoms with E-state index in [1.807, 2.05) is 62.4 Å². The van der Waals surface area contributed by atoms with Gasteiger partial charge in [-0.1, -0.05) is 29.4 Å². The fourth-order valence-corrected chi connectivity index (χ4v) is 3.35. The number of carbonyl (C=O) groups excluding carboxylic acids is 1. The number of nitrogens with zero attached hydrogens (tertiary/aromatic N) is 2. The Morgan fingerprint density at radius 1 is 0.938 bits per heavy atom. The SMILES string of the molecule is COc1cc(-c2noc(-c3ccccc3)n2)ccc1OCC(=O)Nc1cc(C)cc(C)c1. The van der Waals surface area contributed by atoms with Gasteiger partial charge < -0.3 is 19.3 Å². The first-order valence-electron chi connectivity index (χ1n) is 10.1. The van der Waals surface area contributed by atoms with Crippen molar-refractivity contribution in [1.82, 2.24) is 10.1 Å². The second-order valence-corrected chi connectivity index (χ2v) is 7.37. The zero-order chi connectivity index (χ0) is 22.5. The molecule has 32 heavy (non-hydrogen) atoms. The normalized spacial score (nSPS) is 10.6. The monoisotopic (exact) mass is 429 g/mol. The molecule has 4 aromatic rings. The number of aryl methyl sites for hydroxylation is 2. The molecule has 7 nitrogen and oxygen atoms in total. The molecular formula is C25H23N3O4. The minimum Gasteiger partial charge on any atom is -0.493 e. The maximum atomic E-state index is 12.3. The molecule has 3 aromatic carbocycles. The van der Waals surface area contributed by atoms with Crippen LogP contribution >= 0.6 is 0 Å². The summed E-state index contributed by atoms with van der Waals surface area (Å²) in [6, 6.07) is 20.7. The first-order valence-corrected chi connectivity index (χ1v) is 10.1. The van der Waals surface area contributed by atoms with Gasteiger partial charge in [0.15, 0.2) is 18.1 Å². The summed E-state index contributed by atoms with van der Waals surface area (Å²) in [5.41, 5.74) is 4.45. The molecule has 1 heterocycles. The zero-order valence-corrected chi connectivity index (χ0v) is 18.1. The Hall–Kier alpha value is -4.13. The van der Waals surface area contributed by atoms with E-state index in [9.17, 15) is 4.79 Å². The van der Waals surface area contributed by atoms with Crippen LogP contribution in [0.15, 0.2) is 71.3 Å². The Bertz CT molecular complexity index is 1210. The van der Waals surface area contributed by atoms with Crippen LogP contribution in [-0.4, -0.2) is 29.8 Å². The lowest BCUT2D eigenvalue weighted by Crippen LogP contribution is -2.20. The molecule has 0 atom stereocenters. The van der Waals surface area contributed by atoms with Crippen LogP contribution in [0.5, 0.6) is 11.5 Å². The van der Waals surface area contributed by atoms with Crippen molar-refractivity contribution in [3.8, 4) is 34.3 Å². The van der Waals surface area contributed by atoms with Crippen molar-refractivity contribution < 1.29 is 18.8 Å². The minimum absolute atomic E-state index is 0.150. The Labute approximate surface area is 186 Å². The third-order valence-corrected chi connectivity index (χ3v) is 4.73. The molecule has 1 N–H and O–H groups in total. The van der Waals surface area contributed by atoms with Crippen molar-refractivity contribution in [2.75, 3.05) is 19.0 Å². The number of aromatic nitrogens is 2. The van der Waals surface area contributed by atoms with E-state index in [0.717, 1.165) is 22.4 Å². The fraction of sp³-hybridized carbons (Fsp3) is 0.160. The highest BCUT2D eigenvalue weighted by Gasteiger charge is 2.14. The van der Waals surface area contributed by atoms with E-state index >= 15 is 0 Å². The van der Waals surface area contributed by atoms with Gasteiger partial charge in [-0.15, -0.1) is 0 Å². The molecule has 0 aliphatic carbocycles. The number of carbonyl (C=O) groups is 1. The van der Waals surface area contributed by atoms with E-state index in [1.165, 1.54) is 7.11 Å². The highest BCUT2D eigenvalue weighted by atomic mass is 16.5. The molecule has 0 saturated heterocycles. The van der Waals surface area contributed by atoms with Crippen LogP contribution in [0.2, 0.25) is 0 Å². The molecule has 162 valence electrons. The highest BCUT2D eigenvalue weighted by Crippen LogP contribution is 2.32. The molecule has 0 radical (unpaired) electrons. The van der Waals surface area contributed by atoms with E-state index in [4.69, 9.17) is 14.0 Å². The summed E-state index contributed by atoms with van der Waals surface area (Å²) < 4.78 is 16.5. The summed E-state index contributed by atoms with van der Waals surface area (Å²) in [5.74, 6) is 1.52. The number of anilines is 1. The Morgan fingerprint density at radius 3 is 2.41 bits per heavy atom. The van der Waals surface area contributed by atoms with Crippen molar-refractivity contribution in [1.29, 1.82) is 0 Å². The second-order valence-electron chi connectivity index (χ2n) is 7.37. The van der Waals surface area contributed by atoms with Crippen molar-refractivity contribution in [2.45, 2.75) is 13.8 Å². The van der Waals surface area contributed by atoms with E-state index in [-0.39, 0.29) is 12.5 Å². The number of nitrogens with one attached hydrogen (secondary N) is 1. The number of ether oxygens (including phenoxy) is 2. The molecular weight excluding hydrogens is 406 g/mol. The van der Waals surface area contributed by atoms with Gasteiger partial charge in [0.1, 0.15) is 0 Å². The maximum Gasteiger partial charge on any atom is 0.262 e. The van der Waals surface area contributed by atoms with Crippen molar-refractivity contribution in [3.63, 3.8) is 0 Å². The van der Waals surface area contributed by atoms with Gasteiger partial charge in [-0.2, -0.15) is 4.98 Å². The predicted octanol–water partition coefficient (Wildman–Crippen LogP) is 5.05.